The van der Waals surface area contributed by atoms with Crippen LogP contribution in [-0.4, -0.2) is 12.1 Å². The van der Waals surface area contributed by atoms with Crippen LogP contribution in [0.3, 0.4) is 0 Å². The van der Waals surface area contributed by atoms with E-state index >= 15 is 0 Å². The van der Waals surface area contributed by atoms with E-state index < -0.39 is 0 Å². The van der Waals surface area contributed by atoms with Crippen LogP contribution in [0.15, 0.2) is 22.7 Å². The van der Waals surface area contributed by atoms with Crippen molar-refractivity contribution in [3.8, 4) is 5.75 Å². The normalized spacial score (nSPS) is 24.5. The Morgan fingerprint density at radius 1 is 1.29 bits per heavy atom. The van der Waals surface area contributed by atoms with E-state index in [0.29, 0.717) is 6.04 Å². The van der Waals surface area contributed by atoms with Crippen LogP contribution in [0.25, 0.3) is 0 Å². The number of rotatable bonds is 7. The number of nitrogens with one attached hydrogen (secondary N) is 1. The minimum atomic E-state index is -0.0473. The molecule has 3 heteroatoms. The molecule has 0 saturated carbocycles. The van der Waals surface area contributed by atoms with Gasteiger partial charge in [-0.05, 0) is 44.9 Å². The molecule has 1 N–H and O–H groups in total. The van der Waals surface area contributed by atoms with Crippen molar-refractivity contribution in [3.63, 3.8) is 0 Å². The lowest BCUT2D eigenvalue weighted by atomic mass is 9.85. The molecule has 0 radical (unpaired) electrons. The van der Waals surface area contributed by atoms with Gasteiger partial charge < -0.3 is 10.1 Å². The van der Waals surface area contributed by atoms with Crippen LogP contribution in [0.2, 0.25) is 0 Å². The topological polar surface area (TPSA) is 21.3 Å². The van der Waals surface area contributed by atoms with E-state index in [1.54, 1.807) is 0 Å². The molecular formula is C18H28BrNO. The highest BCUT2D eigenvalue weighted by Gasteiger charge is 2.36. The molecule has 21 heavy (non-hydrogen) atoms. The summed E-state index contributed by atoms with van der Waals surface area (Å²) in [6, 6.07) is 6.84. The van der Waals surface area contributed by atoms with Crippen LogP contribution in [0, 0.1) is 0 Å². The first kappa shape index (κ1) is 16.8. The highest BCUT2D eigenvalue weighted by atomic mass is 79.9. The Balaban J connectivity index is 2.18. The Bertz CT molecular complexity index is 463. The van der Waals surface area contributed by atoms with Gasteiger partial charge in [0.15, 0.2) is 0 Å². The summed E-state index contributed by atoms with van der Waals surface area (Å²) in [7, 11) is 0. The van der Waals surface area contributed by atoms with E-state index in [9.17, 15) is 0 Å². The minimum absolute atomic E-state index is 0.0473. The zero-order chi connectivity index (χ0) is 15.3. The van der Waals surface area contributed by atoms with Crippen molar-refractivity contribution >= 4 is 15.9 Å². The maximum atomic E-state index is 6.39. The molecule has 1 aromatic carbocycles. The van der Waals surface area contributed by atoms with Crippen LogP contribution in [-0.2, 0) is 0 Å². The molecule has 2 atom stereocenters. The average Bonchev–Trinajstić information content (AvgIpc) is 2.44. The van der Waals surface area contributed by atoms with E-state index in [2.05, 4.69) is 60.2 Å². The number of benzene rings is 1. The summed E-state index contributed by atoms with van der Waals surface area (Å²) in [6.07, 6.45) is 7.15. The molecule has 0 spiro atoms. The van der Waals surface area contributed by atoms with E-state index in [0.717, 1.165) is 36.0 Å². The summed E-state index contributed by atoms with van der Waals surface area (Å²) >= 11 is 3.56. The first-order valence-corrected chi connectivity index (χ1v) is 9.09. The first-order chi connectivity index (χ1) is 10.1. The smallest absolute Gasteiger partial charge is 0.126 e. The Hall–Kier alpha value is -0.540. The number of unbranched alkanes of at least 4 members (excludes halogenated alkanes) is 2. The quantitative estimate of drug-likeness (QED) is 0.643. The SMILES string of the molecule is CCCCCC1(C)CC(NCCC)c2ccc(Br)cc2O1. The predicted molar refractivity (Wildman–Crippen MR) is 93.0 cm³/mol. The van der Waals surface area contributed by atoms with Gasteiger partial charge in [0, 0.05) is 22.5 Å². The number of ether oxygens (including phenoxy) is 1. The van der Waals surface area contributed by atoms with E-state index in [-0.39, 0.29) is 5.60 Å². The molecule has 1 aliphatic rings. The minimum Gasteiger partial charge on any atom is -0.487 e. The van der Waals surface area contributed by atoms with E-state index in [4.69, 9.17) is 4.74 Å². The molecule has 0 aliphatic carbocycles. The van der Waals surface area contributed by atoms with Gasteiger partial charge in [0.1, 0.15) is 11.4 Å². The monoisotopic (exact) mass is 353 g/mol. The number of hydrogen-bond acceptors (Lipinski definition) is 2. The lowest BCUT2D eigenvalue weighted by Crippen LogP contribution is -2.42. The predicted octanol–water partition coefficient (Wildman–Crippen LogP) is 5.61. The van der Waals surface area contributed by atoms with Gasteiger partial charge in [-0.3, -0.25) is 0 Å². The highest BCUT2D eigenvalue weighted by Crippen LogP contribution is 2.42. The second kappa shape index (κ2) is 7.64. The number of fused-ring (bicyclic) bond motifs is 1. The van der Waals surface area contributed by atoms with Crippen LogP contribution < -0.4 is 10.1 Å². The third-order valence-electron chi connectivity index (χ3n) is 4.29. The molecule has 118 valence electrons. The summed E-state index contributed by atoms with van der Waals surface area (Å²) in [5, 5.41) is 3.70. The van der Waals surface area contributed by atoms with Crippen LogP contribution in [0.5, 0.6) is 5.75 Å². The third kappa shape index (κ3) is 4.46. The van der Waals surface area contributed by atoms with Crippen molar-refractivity contribution in [1.82, 2.24) is 5.32 Å². The van der Waals surface area contributed by atoms with Crippen molar-refractivity contribution in [2.75, 3.05) is 6.54 Å². The van der Waals surface area contributed by atoms with Crippen LogP contribution in [0.4, 0.5) is 0 Å². The van der Waals surface area contributed by atoms with Gasteiger partial charge in [0.05, 0.1) is 0 Å². The molecule has 2 unspecified atom stereocenters. The van der Waals surface area contributed by atoms with E-state index in [1.807, 2.05) is 0 Å². The van der Waals surface area contributed by atoms with Crippen molar-refractivity contribution in [2.24, 2.45) is 0 Å². The third-order valence-corrected chi connectivity index (χ3v) is 4.79. The zero-order valence-electron chi connectivity index (χ0n) is 13.5. The van der Waals surface area contributed by atoms with Gasteiger partial charge in [-0.2, -0.15) is 0 Å². The van der Waals surface area contributed by atoms with Crippen molar-refractivity contribution in [2.45, 2.75) is 70.9 Å². The van der Waals surface area contributed by atoms with Gasteiger partial charge in [-0.1, -0.05) is 48.7 Å². The molecule has 2 rings (SSSR count). The summed E-state index contributed by atoms with van der Waals surface area (Å²) in [4.78, 5) is 0. The van der Waals surface area contributed by atoms with Crippen molar-refractivity contribution in [1.29, 1.82) is 0 Å². The van der Waals surface area contributed by atoms with Crippen molar-refractivity contribution < 1.29 is 4.74 Å². The van der Waals surface area contributed by atoms with E-state index in [1.165, 1.54) is 24.8 Å². The lowest BCUT2D eigenvalue weighted by Gasteiger charge is -2.40. The van der Waals surface area contributed by atoms with Crippen LogP contribution in [0.1, 0.15) is 70.9 Å². The Kier molecular flexibility index (Phi) is 6.12. The lowest BCUT2D eigenvalue weighted by molar-refractivity contribution is 0.0373. The van der Waals surface area contributed by atoms with Gasteiger partial charge >= 0.3 is 0 Å². The molecule has 0 aromatic heterocycles. The molecule has 0 fully saturated rings. The molecule has 2 nitrogen and oxygen atoms in total. The van der Waals surface area contributed by atoms with Gasteiger partial charge in [-0.25, -0.2) is 0 Å². The van der Waals surface area contributed by atoms with Gasteiger partial charge in [0.2, 0.25) is 0 Å². The fourth-order valence-corrected chi connectivity index (χ4v) is 3.48. The Morgan fingerprint density at radius 3 is 2.81 bits per heavy atom. The second-order valence-corrected chi connectivity index (χ2v) is 7.32. The molecule has 0 saturated heterocycles. The largest absolute Gasteiger partial charge is 0.487 e. The first-order valence-electron chi connectivity index (χ1n) is 8.30. The summed E-state index contributed by atoms with van der Waals surface area (Å²) < 4.78 is 7.48. The van der Waals surface area contributed by atoms with Crippen LogP contribution >= 0.6 is 15.9 Å². The van der Waals surface area contributed by atoms with Gasteiger partial charge in [0.25, 0.3) is 0 Å². The van der Waals surface area contributed by atoms with Gasteiger partial charge in [-0.15, -0.1) is 0 Å². The maximum Gasteiger partial charge on any atom is 0.126 e. The highest BCUT2D eigenvalue weighted by molar-refractivity contribution is 9.10. The average molecular weight is 354 g/mol. The van der Waals surface area contributed by atoms with Crippen molar-refractivity contribution in [3.05, 3.63) is 28.2 Å². The standard InChI is InChI=1S/C18H28BrNO/c1-4-6-7-10-18(3)13-16(20-11-5-2)15-9-8-14(19)12-17(15)21-18/h8-9,12,16,20H,4-7,10-11,13H2,1-3H3. The summed E-state index contributed by atoms with van der Waals surface area (Å²) in [6.45, 7) is 7.80. The number of hydrogen-bond donors (Lipinski definition) is 1. The molecule has 1 aliphatic heterocycles. The molecule has 0 bridgehead atoms. The molecule has 1 aromatic rings. The summed E-state index contributed by atoms with van der Waals surface area (Å²) in [5.74, 6) is 1.04. The fraction of sp³-hybridized carbons (Fsp3) is 0.667. The molecular weight excluding hydrogens is 326 g/mol. The Labute approximate surface area is 137 Å². The zero-order valence-corrected chi connectivity index (χ0v) is 15.1. The number of halogens is 1. The molecule has 0 amide bonds. The summed E-state index contributed by atoms with van der Waals surface area (Å²) in [5.41, 5.74) is 1.26. The second-order valence-electron chi connectivity index (χ2n) is 6.40. The molecule has 1 heterocycles. The Morgan fingerprint density at radius 2 is 2.10 bits per heavy atom. The fourth-order valence-electron chi connectivity index (χ4n) is 3.14. The maximum absolute atomic E-state index is 6.39.